The molecule has 0 atom stereocenters. The zero-order valence-corrected chi connectivity index (χ0v) is 13.3. The molecular formula is C15H24N2O2S. The number of benzene rings is 1. The number of sulfonamides is 1. The average molecular weight is 296 g/mol. The molecule has 0 amide bonds. The van der Waals surface area contributed by atoms with Crippen LogP contribution in [0.2, 0.25) is 0 Å². The van der Waals surface area contributed by atoms with E-state index < -0.39 is 10.0 Å². The highest BCUT2D eigenvalue weighted by Gasteiger charge is 2.29. The Labute approximate surface area is 122 Å². The molecule has 0 aromatic heterocycles. The number of hydrogen-bond acceptors (Lipinski definition) is 3. The van der Waals surface area contributed by atoms with E-state index in [1.54, 1.807) is 13.1 Å². The van der Waals surface area contributed by atoms with Crippen LogP contribution in [0.3, 0.4) is 0 Å². The van der Waals surface area contributed by atoms with Crippen molar-refractivity contribution in [3.63, 3.8) is 0 Å². The van der Waals surface area contributed by atoms with Crippen LogP contribution >= 0.6 is 0 Å². The van der Waals surface area contributed by atoms with Gasteiger partial charge < -0.3 is 5.32 Å². The first-order valence-corrected chi connectivity index (χ1v) is 8.65. The molecule has 4 nitrogen and oxygen atoms in total. The number of hydrogen-bond donors (Lipinski definition) is 1. The molecular weight excluding hydrogens is 272 g/mol. The molecule has 0 bridgehead atoms. The first-order valence-electron chi connectivity index (χ1n) is 7.21. The second kappa shape index (κ2) is 6.24. The molecule has 0 radical (unpaired) electrons. The molecule has 1 aromatic carbocycles. The van der Waals surface area contributed by atoms with Gasteiger partial charge in [0, 0.05) is 20.1 Å². The highest BCUT2D eigenvalue weighted by atomic mass is 32.2. The van der Waals surface area contributed by atoms with E-state index in [0.717, 1.165) is 24.8 Å². The lowest BCUT2D eigenvalue weighted by Crippen LogP contribution is -2.29. The van der Waals surface area contributed by atoms with Gasteiger partial charge in [-0.2, -0.15) is 0 Å². The van der Waals surface area contributed by atoms with Crippen molar-refractivity contribution in [3.05, 3.63) is 29.3 Å². The Balaban J connectivity index is 2.28. The summed E-state index contributed by atoms with van der Waals surface area (Å²) in [5.74, 6) is 0.557. The molecule has 1 aliphatic carbocycles. The van der Waals surface area contributed by atoms with Crippen molar-refractivity contribution < 1.29 is 8.42 Å². The molecule has 0 spiro atoms. The van der Waals surface area contributed by atoms with Crippen molar-refractivity contribution in [2.75, 3.05) is 20.6 Å². The first kappa shape index (κ1) is 15.5. The van der Waals surface area contributed by atoms with Crippen molar-refractivity contribution in [2.24, 2.45) is 5.92 Å². The van der Waals surface area contributed by atoms with Crippen LogP contribution in [0.1, 0.15) is 30.9 Å². The average Bonchev–Trinajstić information content (AvgIpc) is 3.23. The lowest BCUT2D eigenvalue weighted by atomic mass is 10.1. The second-order valence-corrected chi connectivity index (χ2v) is 7.59. The van der Waals surface area contributed by atoms with Gasteiger partial charge >= 0.3 is 0 Å². The summed E-state index contributed by atoms with van der Waals surface area (Å²) in [6.45, 7) is 3.42. The maximum Gasteiger partial charge on any atom is 0.242 e. The second-order valence-electron chi connectivity index (χ2n) is 5.54. The van der Waals surface area contributed by atoms with E-state index in [2.05, 4.69) is 12.2 Å². The predicted octanol–water partition coefficient (Wildman–Crippen LogP) is 2.00. The van der Waals surface area contributed by atoms with Crippen molar-refractivity contribution in [1.29, 1.82) is 0 Å². The highest BCUT2D eigenvalue weighted by Crippen LogP contribution is 2.31. The van der Waals surface area contributed by atoms with Crippen LogP contribution < -0.4 is 5.32 Å². The summed E-state index contributed by atoms with van der Waals surface area (Å²) < 4.78 is 26.6. The van der Waals surface area contributed by atoms with E-state index in [0.29, 0.717) is 23.9 Å². The monoisotopic (exact) mass is 296 g/mol. The Kier molecular flexibility index (Phi) is 4.83. The third-order valence-corrected chi connectivity index (χ3v) is 5.67. The quantitative estimate of drug-likeness (QED) is 0.837. The zero-order valence-electron chi connectivity index (χ0n) is 12.5. The molecule has 1 aromatic rings. The van der Waals surface area contributed by atoms with E-state index in [9.17, 15) is 8.42 Å². The fourth-order valence-electron chi connectivity index (χ4n) is 2.40. The Hall–Kier alpha value is -0.910. The molecule has 1 fully saturated rings. The lowest BCUT2D eigenvalue weighted by molar-refractivity contribution is 0.452. The van der Waals surface area contributed by atoms with Crippen LogP contribution in [0.25, 0.3) is 0 Å². The van der Waals surface area contributed by atoms with Crippen molar-refractivity contribution in [1.82, 2.24) is 9.62 Å². The predicted molar refractivity (Wildman–Crippen MR) is 81.1 cm³/mol. The van der Waals surface area contributed by atoms with Crippen molar-refractivity contribution in [2.45, 2.75) is 37.6 Å². The molecule has 1 N–H and O–H groups in total. The molecule has 1 aliphatic rings. The maximum atomic E-state index is 12.6. The largest absolute Gasteiger partial charge is 0.316 e. The summed E-state index contributed by atoms with van der Waals surface area (Å²) >= 11 is 0. The Morgan fingerprint density at radius 1 is 1.30 bits per heavy atom. The first-order chi connectivity index (χ1) is 9.48. The highest BCUT2D eigenvalue weighted by molar-refractivity contribution is 7.89. The Morgan fingerprint density at radius 3 is 2.55 bits per heavy atom. The molecule has 0 heterocycles. The number of nitrogens with one attached hydrogen (secondary N) is 1. The van der Waals surface area contributed by atoms with Crippen LogP contribution in [-0.2, 0) is 23.0 Å². The van der Waals surface area contributed by atoms with Crippen LogP contribution in [0.4, 0.5) is 0 Å². The van der Waals surface area contributed by atoms with Gasteiger partial charge in [-0.3, -0.25) is 0 Å². The summed E-state index contributed by atoms with van der Waals surface area (Å²) in [4.78, 5) is 0.406. The van der Waals surface area contributed by atoms with Gasteiger partial charge in [-0.25, -0.2) is 12.7 Å². The Morgan fingerprint density at radius 2 is 2.00 bits per heavy atom. The van der Waals surface area contributed by atoms with E-state index >= 15 is 0 Å². The summed E-state index contributed by atoms with van der Waals surface area (Å²) in [6.07, 6.45) is 3.22. The van der Waals surface area contributed by atoms with E-state index in [1.807, 2.05) is 19.2 Å². The molecule has 0 unspecified atom stereocenters. The maximum absolute atomic E-state index is 12.6. The standard InChI is InChI=1S/C15H24N2O2S/c1-4-13-7-8-15(9-14(13)10-16-2)20(18,19)17(3)11-12-5-6-12/h7-9,12,16H,4-6,10-11H2,1-3H3. The summed E-state index contributed by atoms with van der Waals surface area (Å²) in [5.41, 5.74) is 2.26. The molecule has 0 aliphatic heterocycles. The third-order valence-electron chi connectivity index (χ3n) is 3.85. The summed E-state index contributed by atoms with van der Waals surface area (Å²) in [6, 6.07) is 5.48. The lowest BCUT2D eigenvalue weighted by Gasteiger charge is -2.18. The zero-order chi connectivity index (χ0) is 14.8. The van der Waals surface area contributed by atoms with Crippen LogP contribution in [-0.4, -0.2) is 33.4 Å². The molecule has 2 rings (SSSR count). The SMILES string of the molecule is CCc1ccc(S(=O)(=O)N(C)CC2CC2)cc1CNC. The van der Waals surface area contributed by atoms with Gasteiger partial charge in [0.1, 0.15) is 0 Å². The van der Waals surface area contributed by atoms with Crippen LogP contribution in [0, 0.1) is 5.92 Å². The molecule has 20 heavy (non-hydrogen) atoms. The van der Waals surface area contributed by atoms with Gasteiger partial charge in [0.05, 0.1) is 4.90 Å². The topological polar surface area (TPSA) is 49.4 Å². The summed E-state index contributed by atoms with van der Waals surface area (Å²) in [5, 5.41) is 3.10. The van der Waals surface area contributed by atoms with Gasteiger partial charge in [-0.05, 0) is 55.5 Å². The van der Waals surface area contributed by atoms with E-state index in [4.69, 9.17) is 0 Å². The van der Waals surface area contributed by atoms with Crippen LogP contribution in [0.15, 0.2) is 23.1 Å². The van der Waals surface area contributed by atoms with Gasteiger partial charge in [0.2, 0.25) is 10.0 Å². The smallest absolute Gasteiger partial charge is 0.242 e. The molecule has 0 saturated heterocycles. The fraction of sp³-hybridized carbons (Fsp3) is 0.600. The van der Waals surface area contributed by atoms with Gasteiger partial charge in [0.15, 0.2) is 0 Å². The molecule has 1 saturated carbocycles. The van der Waals surface area contributed by atoms with E-state index in [1.165, 1.54) is 9.87 Å². The minimum Gasteiger partial charge on any atom is -0.316 e. The molecule has 112 valence electrons. The number of nitrogens with zero attached hydrogens (tertiary/aromatic N) is 1. The van der Waals surface area contributed by atoms with Crippen molar-refractivity contribution >= 4 is 10.0 Å². The van der Waals surface area contributed by atoms with Crippen molar-refractivity contribution in [3.8, 4) is 0 Å². The molecule has 5 heteroatoms. The number of rotatable bonds is 7. The van der Waals surface area contributed by atoms with Gasteiger partial charge in [-0.1, -0.05) is 13.0 Å². The van der Waals surface area contributed by atoms with Gasteiger partial charge in [-0.15, -0.1) is 0 Å². The van der Waals surface area contributed by atoms with Gasteiger partial charge in [0.25, 0.3) is 0 Å². The third kappa shape index (κ3) is 3.40. The minimum atomic E-state index is -3.35. The minimum absolute atomic E-state index is 0.406. The fourth-order valence-corrected chi connectivity index (χ4v) is 3.70. The Bertz CT molecular complexity index is 565. The van der Waals surface area contributed by atoms with Crippen LogP contribution in [0.5, 0.6) is 0 Å². The normalized spacial score (nSPS) is 15.8. The summed E-state index contributed by atoms with van der Waals surface area (Å²) in [7, 11) is 0.200. The van der Waals surface area contributed by atoms with E-state index in [-0.39, 0.29) is 0 Å². The number of aryl methyl sites for hydroxylation is 1.